The Hall–Kier alpha value is 1.69. The molecule has 0 radical (unpaired) electrons. The summed E-state index contributed by atoms with van der Waals surface area (Å²) in [6.45, 7) is 0. The minimum Gasteiger partial charge on any atom is -0.876 e. The van der Waals surface area contributed by atoms with Crippen molar-refractivity contribution in [3.63, 3.8) is 0 Å². The van der Waals surface area contributed by atoms with E-state index in [4.69, 9.17) is 10.2 Å². The van der Waals surface area contributed by atoms with E-state index in [9.17, 15) is 0 Å². The van der Waals surface area contributed by atoms with Gasteiger partial charge in [0.15, 0.2) is 0 Å². The summed E-state index contributed by atoms with van der Waals surface area (Å²) >= 11 is 3.43. The monoisotopic (exact) mass is 122 g/mol. The smallest absolute Gasteiger partial charge is 0.876 e. The number of hydrogen-bond donors (Lipinski definition) is 0. The number of rotatable bonds is 0. The van der Waals surface area contributed by atoms with Crippen LogP contribution in [0.25, 0.3) is 0 Å². The minimum absolute atomic E-state index is 0. The second-order valence-corrected chi connectivity index (χ2v) is 0.583. The Morgan fingerprint density at radius 2 is 1.17 bits per heavy atom. The molecule has 0 rings (SSSR count). The van der Waals surface area contributed by atoms with Crippen LogP contribution in [0.2, 0.25) is 0 Å². The Morgan fingerprint density at radius 3 is 1.17 bits per heavy atom. The molecule has 6 heavy (non-hydrogen) atoms. The fourth-order valence-electron chi connectivity index (χ4n) is 0. The fraction of sp³-hybridized carbons (Fsp3) is 0. The van der Waals surface area contributed by atoms with Crippen LogP contribution in [0.4, 0.5) is 0 Å². The summed E-state index contributed by atoms with van der Waals surface area (Å²) in [5, 5.41) is 15.9. The van der Waals surface area contributed by atoms with Gasteiger partial charge in [0.2, 0.25) is 0 Å². The predicted octanol–water partition coefficient (Wildman–Crippen LogP) is -8.00. The summed E-state index contributed by atoms with van der Waals surface area (Å²) in [7, 11) is 0. The van der Waals surface area contributed by atoms with Crippen LogP contribution in [0.3, 0.4) is 0 Å². The molecular weight excluding hydrogens is 122 g/mol. The first-order valence-electron chi connectivity index (χ1n) is 0.612. The van der Waals surface area contributed by atoms with Crippen LogP contribution in [0.1, 0.15) is 0 Å². The number of hydrogen-bond acceptors (Lipinski definition) is 3. The molecule has 0 saturated heterocycles. The van der Waals surface area contributed by atoms with E-state index in [1.54, 1.807) is 0 Å². The summed E-state index contributed by atoms with van der Waals surface area (Å²) in [6, 6.07) is 0. The molecule has 24 valence electrons. The third kappa shape index (κ3) is 43.8. The van der Waals surface area contributed by atoms with Crippen LogP contribution in [0.5, 0.6) is 0 Å². The van der Waals surface area contributed by atoms with Gasteiger partial charge in [0.25, 0.3) is 0 Å². The summed E-state index contributed by atoms with van der Waals surface area (Å²) in [5.41, 5.74) is 0. The first-order valence-corrected chi connectivity index (χ1v) is 1.02. The molecule has 5 heteroatoms. The van der Waals surface area contributed by atoms with Gasteiger partial charge in [-0.05, 0) is 0 Å². The Bertz CT molecular complexity index is 34.5. The minimum atomic E-state index is -1.50. The summed E-state index contributed by atoms with van der Waals surface area (Å²) in [5.74, 6) is 0. The van der Waals surface area contributed by atoms with E-state index < -0.39 is 5.24 Å². The molecule has 2 nitrogen and oxygen atoms in total. The van der Waals surface area contributed by atoms with Gasteiger partial charge in [0, 0.05) is 0 Å². The zero-order valence-corrected chi connectivity index (χ0v) is 8.54. The molecule has 0 N–H and O–H groups in total. The normalized spacial score (nSPS) is 4.00. The molecule has 0 aliphatic rings. The summed E-state index contributed by atoms with van der Waals surface area (Å²) in [4.78, 5) is 0. The molecule has 0 bridgehead atoms. The molecular formula is CNa2O2S. The third-order valence-corrected chi connectivity index (χ3v) is 0. The van der Waals surface area contributed by atoms with Crippen LogP contribution in [0, 0.1) is 0 Å². The van der Waals surface area contributed by atoms with Crippen molar-refractivity contribution in [2.24, 2.45) is 0 Å². The molecule has 0 amide bonds. The predicted molar refractivity (Wildman–Crippen MR) is 12.6 cm³/mol. The van der Waals surface area contributed by atoms with Crippen molar-refractivity contribution in [1.29, 1.82) is 0 Å². The maximum atomic E-state index is 8.70. The molecule has 0 spiro atoms. The van der Waals surface area contributed by atoms with Crippen LogP contribution in [0.15, 0.2) is 0 Å². The molecule has 0 aliphatic heterocycles. The first-order chi connectivity index (χ1) is 1.73. The van der Waals surface area contributed by atoms with Gasteiger partial charge < -0.3 is 10.2 Å². The standard InChI is InChI=1S/CH2O2S.2Na/c2-1(3)4;;/h(H2,2,3,4);;/q;2*+1/p-2. The maximum Gasteiger partial charge on any atom is 1.00 e. The Morgan fingerprint density at radius 1 is 1.17 bits per heavy atom. The first kappa shape index (κ1) is 15.6. The summed E-state index contributed by atoms with van der Waals surface area (Å²) < 4.78 is 0. The molecule has 0 aromatic carbocycles. The Labute approximate surface area is 85.5 Å². The van der Waals surface area contributed by atoms with Crippen LogP contribution < -0.4 is 69.3 Å². The van der Waals surface area contributed by atoms with Crippen LogP contribution in [-0.2, 0) is 0 Å². The van der Waals surface area contributed by atoms with Gasteiger partial charge in [-0.15, -0.1) is 17.5 Å². The van der Waals surface area contributed by atoms with Gasteiger partial charge >= 0.3 is 59.1 Å². The zero-order chi connectivity index (χ0) is 3.58. The van der Waals surface area contributed by atoms with Gasteiger partial charge in [-0.25, -0.2) is 0 Å². The van der Waals surface area contributed by atoms with Crippen molar-refractivity contribution in [1.82, 2.24) is 0 Å². The quantitative estimate of drug-likeness (QED) is 0.237. The van der Waals surface area contributed by atoms with Crippen molar-refractivity contribution in [2.45, 2.75) is 0 Å². The molecule has 0 aromatic heterocycles. The van der Waals surface area contributed by atoms with Crippen LogP contribution in [-0.4, -0.2) is 5.24 Å². The van der Waals surface area contributed by atoms with Crippen molar-refractivity contribution >= 4 is 17.5 Å². The Kier molecular flexibility index (Phi) is 25.7. The van der Waals surface area contributed by atoms with Gasteiger partial charge in [-0.3, -0.25) is 0 Å². The van der Waals surface area contributed by atoms with E-state index >= 15 is 0 Å². The van der Waals surface area contributed by atoms with E-state index in [1.807, 2.05) is 0 Å². The number of thiocarbonyl (C=S) groups is 1. The molecule has 0 saturated carbocycles. The molecule has 0 atom stereocenters. The average Bonchev–Trinajstić information content (AvgIpc) is 0.811. The largest absolute Gasteiger partial charge is 1.00 e. The second kappa shape index (κ2) is 9.85. The van der Waals surface area contributed by atoms with E-state index in [0.717, 1.165) is 0 Å². The van der Waals surface area contributed by atoms with E-state index in [0.29, 0.717) is 0 Å². The zero-order valence-electron chi connectivity index (χ0n) is 3.72. The van der Waals surface area contributed by atoms with Crippen molar-refractivity contribution in [3.05, 3.63) is 0 Å². The maximum absolute atomic E-state index is 8.70. The average molecular weight is 122 g/mol. The van der Waals surface area contributed by atoms with Crippen molar-refractivity contribution in [3.8, 4) is 0 Å². The van der Waals surface area contributed by atoms with Gasteiger partial charge in [-0.1, -0.05) is 0 Å². The van der Waals surface area contributed by atoms with E-state index in [2.05, 4.69) is 12.2 Å². The fourth-order valence-corrected chi connectivity index (χ4v) is 0. The van der Waals surface area contributed by atoms with E-state index in [-0.39, 0.29) is 59.1 Å². The van der Waals surface area contributed by atoms with E-state index in [1.165, 1.54) is 0 Å². The topological polar surface area (TPSA) is 46.1 Å². The second-order valence-electron chi connectivity index (χ2n) is 0.250. The van der Waals surface area contributed by atoms with Crippen LogP contribution >= 0.6 is 12.2 Å². The molecule has 0 heterocycles. The SMILES string of the molecule is [Na+].[Na+].[O-]C([O-])=S. The van der Waals surface area contributed by atoms with Gasteiger partial charge in [0.05, 0.1) is 0 Å². The third-order valence-electron chi connectivity index (χ3n) is 0. The summed E-state index contributed by atoms with van der Waals surface area (Å²) in [6.07, 6.45) is 0. The Balaban J connectivity index is -0.0000000450. The van der Waals surface area contributed by atoms with Gasteiger partial charge in [0.1, 0.15) is 0 Å². The van der Waals surface area contributed by atoms with Gasteiger partial charge in [-0.2, -0.15) is 0 Å². The van der Waals surface area contributed by atoms with Crippen molar-refractivity contribution in [2.75, 3.05) is 0 Å². The van der Waals surface area contributed by atoms with Crippen molar-refractivity contribution < 1.29 is 69.3 Å². The molecule has 0 aromatic rings. The molecule has 0 unspecified atom stereocenters. The molecule has 0 fully saturated rings. The molecule has 0 aliphatic carbocycles.